The zero-order valence-corrected chi connectivity index (χ0v) is 12.9. The van der Waals surface area contributed by atoms with Gasteiger partial charge in [-0.25, -0.2) is 8.42 Å². The summed E-state index contributed by atoms with van der Waals surface area (Å²) in [5, 5.41) is 2.13. The number of carbonyl (C=O) groups excluding carboxylic acids is 1. The van der Waals surface area contributed by atoms with E-state index in [9.17, 15) is 13.2 Å². The van der Waals surface area contributed by atoms with Crippen molar-refractivity contribution in [1.29, 1.82) is 0 Å². The summed E-state index contributed by atoms with van der Waals surface area (Å²) in [5.41, 5.74) is 5.47. The van der Waals surface area contributed by atoms with E-state index in [0.29, 0.717) is 5.75 Å². The van der Waals surface area contributed by atoms with Crippen LogP contribution in [0.5, 0.6) is 0 Å². The molecule has 0 aromatic heterocycles. The van der Waals surface area contributed by atoms with Crippen LogP contribution in [-0.2, 0) is 14.6 Å². The number of sulfone groups is 1. The first-order chi connectivity index (χ1) is 8.09. The molecule has 1 saturated heterocycles. The summed E-state index contributed by atoms with van der Waals surface area (Å²) in [5.74, 6) is 0.591. The quantitative estimate of drug-likeness (QED) is 0.696. The monoisotopic (exact) mass is 314 g/mol. The van der Waals surface area contributed by atoms with E-state index < -0.39 is 21.3 Å². The van der Waals surface area contributed by atoms with E-state index in [4.69, 9.17) is 17.3 Å². The first kappa shape index (κ1) is 16.1. The molecule has 2 unspecified atom stereocenters. The van der Waals surface area contributed by atoms with Crippen LogP contribution >= 0.6 is 23.4 Å². The molecule has 0 bridgehead atoms. The molecule has 1 amide bonds. The minimum absolute atomic E-state index is 0.0670. The smallest absolute Gasteiger partial charge is 0.230 e. The Bertz CT molecular complexity index is 406. The zero-order valence-electron chi connectivity index (χ0n) is 10.5. The van der Waals surface area contributed by atoms with Crippen LogP contribution in [0.25, 0.3) is 0 Å². The Balaban J connectivity index is 2.33. The number of rotatable bonds is 5. The number of carbonyl (C=O) groups is 1. The van der Waals surface area contributed by atoms with E-state index in [1.165, 1.54) is 11.8 Å². The van der Waals surface area contributed by atoms with Crippen molar-refractivity contribution in [1.82, 2.24) is 5.32 Å². The molecular weight excluding hydrogens is 296 g/mol. The molecule has 1 heterocycles. The lowest BCUT2D eigenvalue weighted by molar-refractivity contribution is -0.119. The summed E-state index contributed by atoms with van der Waals surface area (Å²) in [6, 6.07) is -0.476. The number of halogens is 1. The van der Waals surface area contributed by atoms with Gasteiger partial charge in [-0.1, -0.05) is 0 Å². The van der Waals surface area contributed by atoms with Crippen LogP contribution < -0.4 is 11.1 Å². The van der Waals surface area contributed by atoms with Gasteiger partial charge in [0.2, 0.25) is 5.91 Å². The van der Waals surface area contributed by atoms with Gasteiger partial charge in [0.05, 0.1) is 28.7 Å². The molecule has 1 rings (SSSR count). The summed E-state index contributed by atoms with van der Waals surface area (Å²) in [6.45, 7) is 3.77. The molecule has 5 nitrogen and oxygen atoms in total. The summed E-state index contributed by atoms with van der Waals surface area (Å²) < 4.78 is 22.6. The summed E-state index contributed by atoms with van der Waals surface area (Å²) in [4.78, 5) is 11.6. The molecule has 1 fully saturated rings. The highest BCUT2D eigenvalue weighted by Crippen LogP contribution is 2.18. The Labute approximate surface area is 117 Å². The number of nitrogens with two attached hydrogens (primary N) is 1. The lowest BCUT2D eigenvalue weighted by atomic mass is 10.1. The molecule has 2 atom stereocenters. The van der Waals surface area contributed by atoms with Crippen molar-refractivity contribution >= 4 is 39.1 Å². The van der Waals surface area contributed by atoms with Crippen molar-refractivity contribution in [3.63, 3.8) is 0 Å². The Morgan fingerprint density at radius 1 is 1.50 bits per heavy atom. The highest BCUT2D eigenvalue weighted by Gasteiger charge is 2.37. The number of hydrogen-bond donors (Lipinski definition) is 2. The van der Waals surface area contributed by atoms with Crippen LogP contribution in [0.15, 0.2) is 0 Å². The topological polar surface area (TPSA) is 89.3 Å². The number of alkyl halides is 1. The molecule has 1 aliphatic rings. The molecule has 106 valence electrons. The van der Waals surface area contributed by atoms with Gasteiger partial charge in [0.25, 0.3) is 0 Å². The van der Waals surface area contributed by atoms with Gasteiger partial charge in [-0.05, 0) is 13.8 Å². The molecule has 0 spiro atoms. The van der Waals surface area contributed by atoms with Gasteiger partial charge in [-0.2, -0.15) is 11.8 Å². The molecule has 0 aromatic carbocycles. The van der Waals surface area contributed by atoms with Crippen molar-refractivity contribution < 1.29 is 13.2 Å². The molecule has 1 aliphatic heterocycles. The van der Waals surface area contributed by atoms with E-state index in [1.54, 1.807) is 0 Å². The van der Waals surface area contributed by atoms with Crippen LogP contribution in [0.1, 0.15) is 13.8 Å². The fourth-order valence-electron chi connectivity index (χ4n) is 1.59. The van der Waals surface area contributed by atoms with Crippen LogP contribution in [0, 0.1) is 0 Å². The van der Waals surface area contributed by atoms with E-state index in [0.717, 1.165) is 0 Å². The number of nitrogens with one attached hydrogen (secondary N) is 1. The van der Waals surface area contributed by atoms with E-state index in [-0.39, 0.29) is 28.7 Å². The van der Waals surface area contributed by atoms with E-state index in [1.807, 2.05) is 13.8 Å². The average molecular weight is 315 g/mol. The second-order valence-corrected chi connectivity index (χ2v) is 8.95. The standard InChI is InChI=1S/C10H19ClN2O3S2/c1-10(2,12)6-17-3-9(14)13-8-5-18(15,16)4-7(8)11/h7-8H,3-6,12H2,1-2H3,(H,13,14). The lowest BCUT2D eigenvalue weighted by Gasteiger charge is -2.18. The van der Waals surface area contributed by atoms with Gasteiger partial charge in [0.15, 0.2) is 9.84 Å². The number of hydrogen-bond acceptors (Lipinski definition) is 5. The first-order valence-corrected chi connectivity index (χ1v) is 9.01. The van der Waals surface area contributed by atoms with E-state index in [2.05, 4.69) is 5.32 Å². The third-order valence-electron chi connectivity index (χ3n) is 2.34. The van der Waals surface area contributed by atoms with Crippen LogP contribution in [0.4, 0.5) is 0 Å². The number of amides is 1. The molecule has 8 heteroatoms. The van der Waals surface area contributed by atoms with Gasteiger partial charge in [0.1, 0.15) is 0 Å². The van der Waals surface area contributed by atoms with Gasteiger partial charge < -0.3 is 11.1 Å². The SMILES string of the molecule is CC(C)(N)CSCC(=O)NC1CS(=O)(=O)CC1Cl. The lowest BCUT2D eigenvalue weighted by Crippen LogP contribution is -2.42. The predicted molar refractivity (Wildman–Crippen MR) is 75.8 cm³/mol. The molecule has 0 aromatic rings. The van der Waals surface area contributed by atoms with Crippen molar-refractivity contribution in [2.75, 3.05) is 23.0 Å². The second-order valence-electron chi connectivity index (χ2n) is 5.25. The molecule has 0 saturated carbocycles. The maximum atomic E-state index is 11.6. The molecule has 3 N–H and O–H groups in total. The van der Waals surface area contributed by atoms with Crippen molar-refractivity contribution in [3.8, 4) is 0 Å². The summed E-state index contributed by atoms with van der Waals surface area (Å²) in [7, 11) is -3.11. The maximum Gasteiger partial charge on any atom is 0.230 e. The first-order valence-electron chi connectivity index (χ1n) is 5.59. The maximum absolute atomic E-state index is 11.6. The normalized spacial score (nSPS) is 27.1. The van der Waals surface area contributed by atoms with E-state index >= 15 is 0 Å². The fraction of sp³-hybridized carbons (Fsp3) is 0.900. The highest BCUT2D eigenvalue weighted by molar-refractivity contribution is 8.00. The summed E-state index contributed by atoms with van der Waals surface area (Å²) in [6.07, 6.45) is 0. The van der Waals surface area contributed by atoms with Crippen molar-refractivity contribution in [3.05, 3.63) is 0 Å². The molecule has 18 heavy (non-hydrogen) atoms. The van der Waals surface area contributed by atoms with Gasteiger partial charge in [-0.3, -0.25) is 4.79 Å². The molecule has 0 radical (unpaired) electrons. The Morgan fingerprint density at radius 2 is 2.11 bits per heavy atom. The molecule has 0 aliphatic carbocycles. The Kier molecular flexibility index (Phi) is 5.34. The largest absolute Gasteiger partial charge is 0.350 e. The third-order valence-corrected chi connectivity index (χ3v) is 6.13. The van der Waals surface area contributed by atoms with Crippen LogP contribution in [0.2, 0.25) is 0 Å². The van der Waals surface area contributed by atoms with Crippen molar-refractivity contribution in [2.24, 2.45) is 5.73 Å². The third kappa shape index (κ3) is 5.77. The Hall–Kier alpha value is 0.0200. The summed E-state index contributed by atoms with van der Waals surface area (Å²) >= 11 is 7.32. The average Bonchev–Trinajstić information content (AvgIpc) is 2.36. The highest BCUT2D eigenvalue weighted by atomic mass is 35.5. The predicted octanol–water partition coefficient (Wildman–Crippen LogP) is -0.0225. The van der Waals surface area contributed by atoms with Gasteiger partial charge >= 0.3 is 0 Å². The minimum atomic E-state index is -3.11. The van der Waals surface area contributed by atoms with Crippen molar-refractivity contribution in [2.45, 2.75) is 30.8 Å². The van der Waals surface area contributed by atoms with Crippen LogP contribution in [0.3, 0.4) is 0 Å². The number of thioether (sulfide) groups is 1. The second kappa shape index (κ2) is 5.98. The van der Waals surface area contributed by atoms with Gasteiger partial charge in [-0.15, -0.1) is 11.6 Å². The van der Waals surface area contributed by atoms with Crippen LogP contribution in [-0.4, -0.2) is 54.3 Å². The fourth-order valence-corrected chi connectivity index (χ4v) is 5.04. The Morgan fingerprint density at radius 3 is 2.56 bits per heavy atom. The van der Waals surface area contributed by atoms with Gasteiger partial charge in [0, 0.05) is 11.3 Å². The molecular formula is C10H19ClN2O3S2. The zero-order chi connectivity index (χ0) is 14.0. The minimum Gasteiger partial charge on any atom is -0.350 e.